The van der Waals surface area contributed by atoms with Gasteiger partial charge in [0.15, 0.2) is 11.3 Å². The fraction of sp³-hybridized carbons (Fsp3) is 0.333. The summed E-state index contributed by atoms with van der Waals surface area (Å²) >= 11 is 0. The molecule has 0 fully saturated rings. The highest BCUT2D eigenvalue weighted by molar-refractivity contribution is 5.89. The summed E-state index contributed by atoms with van der Waals surface area (Å²) < 4.78 is 10.7. The van der Waals surface area contributed by atoms with Crippen molar-refractivity contribution in [2.75, 3.05) is 25.1 Å². The van der Waals surface area contributed by atoms with E-state index in [1.165, 1.54) is 6.07 Å². The average molecular weight is 272 g/mol. The zero-order chi connectivity index (χ0) is 14.7. The lowest BCUT2D eigenvalue weighted by atomic mass is 10.1. The minimum absolute atomic E-state index is 0.00450. The Morgan fingerprint density at radius 1 is 1.35 bits per heavy atom. The van der Waals surface area contributed by atoms with E-state index in [0.29, 0.717) is 16.7 Å². The lowest BCUT2D eigenvalue weighted by Crippen LogP contribution is -2.22. The van der Waals surface area contributed by atoms with Gasteiger partial charge in [-0.15, -0.1) is 0 Å². The third kappa shape index (κ3) is 2.21. The van der Waals surface area contributed by atoms with Crippen molar-refractivity contribution in [3.05, 3.63) is 34.2 Å². The maximum atomic E-state index is 11.7. The highest BCUT2D eigenvalue weighted by Crippen LogP contribution is 2.35. The van der Waals surface area contributed by atoms with Crippen molar-refractivity contribution in [3.8, 4) is 11.8 Å². The number of anilines is 1. The van der Waals surface area contributed by atoms with Crippen molar-refractivity contribution in [3.63, 3.8) is 0 Å². The van der Waals surface area contributed by atoms with Gasteiger partial charge in [-0.1, -0.05) is 0 Å². The number of benzene rings is 1. The molecular weight excluding hydrogens is 256 g/mol. The molecule has 2 aromatic rings. The fourth-order valence-corrected chi connectivity index (χ4v) is 2.24. The van der Waals surface area contributed by atoms with Crippen LogP contribution in [0.5, 0.6) is 5.75 Å². The third-order valence-electron chi connectivity index (χ3n) is 3.27. The fourth-order valence-electron chi connectivity index (χ4n) is 2.24. The van der Waals surface area contributed by atoms with Gasteiger partial charge in [-0.05, 0) is 32.0 Å². The Morgan fingerprint density at radius 3 is 2.60 bits per heavy atom. The number of hydrogen-bond donors (Lipinski definition) is 0. The molecular formula is C15H16N2O3. The standard InChI is InChI=1S/C15H16N2O3/c1-4-17(5-2)12-7-6-10-8-11(9-16)15(18)20-13(10)14(12)19-3/h6-8H,4-5H2,1-3H3. The Labute approximate surface area is 117 Å². The van der Waals surface area contributed by atoms with Gasteiger partial charge in [-0.2, -0.15) is 5.26 Å². The van der Waals surface area contributed by atoms with Gasteiger partial charge in [0, 0.05) is 18.5 Å². The van der Waals surface area contributed by atoms with Crippen molar-refractivity contribution in [2.45, 2.75) is 13.8 Å². The van der Waals surface area contributed by atoms with E-state index in [0.717, 1.165) is 18.8 Å². The molecule has 0 amide bonds. The summed E-state index contributed by atoms with van der Waals surface area (Å²) in [5, 5.41) is 9.55. The number of methoxy groups -OCH3 is 1. The van der Waals surface area contributed by atoms with Gasteiger partial charge in [0.25, 0.3) is 0 Å². The van der Waals surface area contributed by atoms with Gasteiger partial charge in [0.1, 0.15) is 11.6 Å². The molecule has 104 valence electrons. The highest BCUT2D eigenvalue weighted by atomic mass is 16.5. The summed E-state index contributed by atoms with van der Waals surface area (Å²) in [7, 11) is 1.54. The van der Waals surface area contributed by atoms with Crippen molar-refractivity contribution >= 4 is 16.7 Å². The topological polar surface area (TPSA) is 66.5 Å². The lowest BCUT2D eigenvalue weighted by molar-refractivity contribution is 0.406. The number of nitriles is 1. The van der Waals surface area contributed by atoms with Crippen molar-refractivity contribution in [2.24, 2.45) is 0 Å². The van der Waals surface area contributed by atoms with E-state index in [2.05, 4.69) is 4.90 Å². The van der Waals surface area contributed by atoms with E-state index >= 15 is 0 Å². The van der Waals surface area contributed by atoms with Crippen LogP contribution in [0.1, 0.15) is 19.4 Å². The molecule has 5 nitrogen and oxygen atoms in total. The van der Waals surface area contributed by atoms with E-state index in [9.17, 15) is 4.79 Å². The summed E-state index contributed by atoms with van der Waals surface area (Å²) in [5.74, 6) is 0.521. The Bertz CT molecular complexity index is 724. The molecule has 0 radical (unpaired) electrons. The molecule has 0 aliphatic rings. The van der Waals surface area contributed by atoms with Crippen LogP contribution in [0.3, 0.4) is 0 Å². The van der Waals surface area contributed by atoms with Gasteiger partial charge >= 0.3 is 5.63 Å². The van der Waals surface area contributed by atoms with E-state index in [4.69, 9.17) is 14.4 Å². The maximum absolute atomic E-state index is 11.7. The number of hydrogen-bond acceptors (Lipinski definition) is 5. The Hall–Kier alpha value is -2.48. The number of fused-ring (bicyclic) bond motifs is 1. The molecule has 0 saturated heterocycles. The van der Waals surface area contributed by atoms with E-state index in [-0.39, 0.29) is 5.56 Å². The molecule has 5 heteroatoms. The van der Waals surface area contributed by atoms with Gasteiger partial charge < -0.3 is 14.1 Å². The molecule has 0 bridgehead atoms. The van der Waals surface area contributed by atoms with Gasteiger partial charge in [-0.3, -0.25) is 0 Å². The van der Waals surface area contributed by atoms with Crippen LogP contribution in [0.4, 0.5) is 5.69 Å². The van der Waals surface area contributed by atoms with Crippen LogP contribution in [0, 0.1) is 11.3 Å². The Kier molecular flexibility index (Phi) is 3.94. The SMILES string of the molecule is CCN(CC)c1ccc2cc(C#N)c(=O)oc2c1OC. The molecule has 0 saturated carbocycles. The smallest absolute Gasteiger partial charge is 0.354 e. The average Bonchev–Trinajstić information content (AvgIpc) is 2.47. The first kappa shape index (κ1) is 13.9. The van der Waals surface area contributed by atoms with Crippen LogP contribution in [0.15, 0.2) is 27.4 Å². The summed E-state index contributed by atoms with van der Waals surface area (Å²) in [6.45, 7) is 5.72. The van der Waals surface area contributed by atoms with Gasteiger partial charge in [-0.25, -0.2) is 4.79 Å². The predicted octanol–water partition coefficient (Wildman–Crippen LogP) is 2.52. The maximum Gasteiger partial charge on any atom is 0.354 e. The minimum atomic E-state index is -0.644. The summed E-state index contributed by atoms with van der Waals surface area (Å²) in [5.41, 5.74) is 0.601. The largest absolute Gasteiger partial charge is 0.491 e. The van der Waals surface area contributed by atoms with Crippen LogP contribution in [0.2, 0.25) is 0 Å². The molecule has 2 rings (SSSR count). The van der Waals surface area contributed by atoms with Crippen LogP contribution in [0.25, 0.3) is 11.0 Å². The van der Waals surface area contributed by atoms with Gasteiger partial charge in [0.2, 0.25) is 0 Å². The van der Waals surface area contributed by atoms with Crippen molar-refractivity contribution < 1.29 is 9.15 Å². The number of rotatable bonds is 4. The Morgan fingerprint density at radius 2 is 2.05 bits per heavy atom. The van der Waals surface area contributed by atoms with Crippen molar-refractivity contribution in [1.29, 1.82) is 5.26 Å². The number of ether oxygens (including phenoxy) is 1. The van der Waals surface area contributed by atoms with Crippen LogP contribution < -0.4 is 15.3 Å². The zero-order valence-corrected chi connectivity index (χ0v) is 11.8. The van der Waals surface area contributed by atoms with Gasteiger partial charge in [0.05, 0.1) is 12.8 Å². The summed E-state index contributed by atoms with van der Waals surface area (Å²) in [4.78, 5) is 13.8. The molecule has 20 heavy (non-hydrogen) atoms. The molecule has 0 atom stereocenters. The second-order valence-electron chi connectivity index (χ2n) is 4.27. The molecule has 0 spiro atoms. The van der Waals surface area contributed by atoms with Crippen molar-refractivity contribution in [1.82, 2.24) is 0 Å². The lowest BCUT2D eigenvalue weighted by Gasteiger charge is -2.23. The number of nitrogens with zero attached hydrogens (tertiary/aromatic N) is 2. The minimum Gasteiger partial charge on any atom is -0.491 e. The summed E-state index contributed by atoms with van der Waals surface area (Å²) in [6.07, 6.45) is 0. The Balaban J connectivity index is 2.77. The van der Waals surface area contributed by atoms with E-state index in [1.54, 1.807) is 7.11 Å². The van der Waals surface area contributed by atoms with E-state index < -0.39 is 5.63 Å². The molecule has 0 N–H and O–H groups in total. The van der Waals surface area contributed by atoms with Crippen LogP contribution >= 0.6 is 0 Å². The molecule has 1 aromatic carbocycles. The molecule has 1 heterocycles. The molecule has 1 aromatic heterocycles. The van der Waals surface area contributed by atoms with Crippen LogP contribution in [-0.4, -0.2) is 20.2 Å². The zero-order valence-electron chi connectivity index (χ0n) is 11.8. The second kappa shape index (κ2) is 5.66. The summed E-state index contributed by atoms with van der Waals surface area (Å²) in [6, 6.07) is 7.09. The first-order valence-electron chi connectivity index (χ1n) is 6.46. The predicted molar refractivity (Wildman–Crippen MR) is 77.3 cm³/mol. The monoisotopic (exact) mass is 272 g/mol. The molecule has 0 aliphatic heterocycles. The third-order valence-corrected chi connectivity index (χ3v) is 3.27. The normalized spacial score (nSPS) is 10.3. The second-order valence-corrected chi connectivity index (χ2v) is 4.27. The first-order valence-corrected chi connectivity index (χ1v) is 6.46. The highest BCUT2D eigenvalue weighted by Gasteiger charge is 2.16. The molecule has 0 unspecified atom stereocenters. The molecule has 0 aliphatic carbocycles. The quantitative estimate of drug-likeness (QED) is 0.800. The first-order chi connectivity index (χ1) is 9.65. The van der Waals surface area contributed by atoms with Crippen LogP contribution in [-0.2, 0) is 0 Å². The van der Waals surface area contributed by atoms with E-state index in [1.807, 2.05) is 32.0 Å².